The van der Waals surface area contributed by atoms with Gasteiger partial charge in [0.25, 0.3) is 0 Å². The molecule has 188 valence electrons. The zero-order valence-corrected chi connectivity index (χ0v) is 21.9. The summed E-state index contributed by atoms with van der Waals surface area (Å²) >= 11 is 0. The highest BCUT2D eigenvalue weighted by Crippen LogP contribution is 2.59. The summed E-state index contributed by atoms with van der Waals surface area (Å²) in [6.45, 7) is 11.5. The molecular formula is C32H38N2O2. The smallest absolute Gasteiger partial charge is 0.149 e. The Hall–Kier alpha value is -2.72. The summed E-state index contributed by atoms with van der Waals surface area (Å²) in [5.41, 5.74) is 11.2. The lowest BCUT2D eigenvalue weighted by atomic mass is 9.72. The molecule has 7 rings (SSSR count). The van der Waals surface area contributed by atoms with Gasteiger partial charge in [0.05, 0.1) is 0 Å². The molecule has 5 aliphatic rings. The number of hydrogen-bond acceptors (Lipinski definition) is 4. The molecule has 4 heteroatoms. The number of anilines is 2. The van der Waals surface area contributed by atoms with Gasteiger partial charge in [0.1, 0.15) is 17.1 Å². The van der Waals surface area contributed by atoms with Crippen LogP contribution in [-0.2, 0) is 36.0 Å². The molecule has 0 aromatic heterocycles. The van der Waals surface area contributed by atoms with Crippen LogP contribution < -0.4 is 14.5 Å². The minimum absolute atomic E-state index is 0.731. The topological polar surface area (TPSA) is 24.9 Å². The zero-order chi connectivity index (χ0) is 24.4. The summed E-state index contributed by atoms with van der Waals surface area (Å²) in [5, 5.41) is 0. The largest absolute Gasteiger partial charge is 0.456 e. The van der Waals surface area contributed by atoms with Crippen LogP contribution in [0, 0.1) is 0 Å². The van der Waals surface area contributed by atoms with Gasteiger partial charge in [0, 0.05) is 66.9 Å². The van der Waals surface area contributed by atoms with Gasteiger partial charge >= 0.3 is 0 Å². The third-order valence-electron chi connectivity index (χ3n) is 9.22. The lowest BCUT2D eigenvalue weighted by Gasteiger charge is -2.46. The van der Waals surface area contributed by atoms with Crippen LogP contribution in [0.2, 0.25) is 0 Å². The predicted octanol–water partition coefficient (Wildman–Crippen LogP) is 6.60. The molecular weight excluding hydrogens is 444 g/mol. The predicted molar refractivity (Wildman–Crippen MR) is 147 cm³/mol. The van der Waals surface area contributed by atoms with Crippen LogP contribution >= 0.6 is 0 Å². The number of ether oxygens (including phenoxy) is 2. The van der Waals surface area contributed by atoms with E-state index in [1.54, 1.807) is 0 Å². The first-order valence-electron chi connectivity index (χ1n) is 14.1. The van der Waals surface area contributed by atoms with Crippen LogP contribution in [0.1, 0.15) is 72.4 Å². The van der Waals surface area contributed by atoms with E-state index in [0.29, 0.717) is 0 Å². The minimum Gasteiger partial charge on any atom is -0.456 e. The number of hydrogen-bond donors (Lipinski definition) is 0. The fraction of sp³-hybridized carbons (Fsp3) is 0.500. The van der Waals surface area contributed by atoms with Crippen LogP contribution in [0.25, 0.3) is 0 Å². The third kappa shape index (κ3) is 2.97. The quantitative estimate of drug-likeness (QED) is 0.458. The molecule has 0 atom stereocenters. The van der Waals surface area contributed by atoms with E-state index in [2.05, 4.69) is 47.6 Å². The van der Waals surface area contributed by atoms with Crippen LogP contribution in [0.15, 0.2) is 36.4 Å². The van der Waals surface area contributed by atoms with Crippen molar-refractivity contribution in [3.8, 4) is 11.5 Å². The molecule has 0 spiro atoms. The van der Waals surface area contributed by atoms with E-state index < -0.39 is 5.60 Å². The van der Waals surface area contributed by atoms with Gasteiger partial charge in [-0.1, -0.05) is 25.7 Å². The summed E-state index contributed by atoms with van der Waals surface area (Å²) in [6, 6.07) is 4.83. The Bertz CT molecular complexity index is 1200. The fourth-order valence-electron chi connectivity index (χ4n) is 7.74. The SMILES string of the molecule is C=C(/C=C\CC)C1(OC)c2cc3c4c(c2Oc2c1cc1c5c2CCCN5CCC1)CCCN4CCC3. The molecule has 0 radical (unpaired) electrons. The average Bonchev–Trinajstić information content (AvgIpc) is 2.92. The maximum Gasteiger partial charge on any atom is 0.149 e. The van der Waals surface area contributed by atoms with Gasteiger partial charge in [0.15, 0.2) is 0 Å². The van der Waals surface area contributed by atoms with Gasteiger partial charge < -0.3 is 19.3 Å². The van der Waals surface area contributed by atoms with Gasteiger partial charge in [-0.2, -0.15) is 0 Å². The molecule has 0 amide bonds. The van der Waals surface area contributed by atoms with E-state index in [1.165, 1.54) is 59.3 Å². The summed E-state index contributed by atoms with van der Waals surface area (Å²) in [7, 11) is 1.87. The van der Waals surface area contributed by atoms with E-state index in [9.17, 15) is 0 Å². The highest BCUT2D eigenvalue weighted by molar-refractivity contribution is 5.78. The Morgan fingerprint density at radius 3 is 1.86 bits per heavy atom. The van der Waals surface area contributed by atoms with E-state index in [4.69, 9.17) is 9.47 Å². The molecule has 0 N–H and O–H groups in total. The Morgan fingerprint density at radius 1 is 0.889 bits per heavy atom. The van der Waals surface area contributed by atoms with Crippen molar-refractivity contribution in [2.75, 3.05) is 43.1 Å². The number of allylic oxidation sites excluding steroid dienone is 1. The number of aryl methyl sites for hydroxylation is 2. The minimum atomic E-state index is -0.731. The van der Waals surface area contributed by atoms with Crippen molar-refractivity contribution in [1.82, 2.24) is 0 Å². The maximum atomic E-state index is 7.13. The third-order valence-corrected chi connectivity index (χ3v) is 9.22. The number of methoxy groups -OCH3 is 1. The molecule has 2 aromatic carbocycles. The Kier molecular flexibility index (Phi) is 5.25. The maximum absolute atomic E-state index is 7.13. The first-order chi connectivity index (χ1) is 17.7. The van der Waals surface area contributed by atoms with Crippen molar-refractivity contribution >= 4 is 11.4 Å². The van der Waals surface area contributed by atoms with Crippen molar-refractivity contribution in [1.29, 1.82) is 0 Å². The van der Waals surface area contributed by atoms with E-state index in [-0.39, 0.29) is 0 Å². The highest BCUT2D eigenvalue weighted by Gasteiger charge is 2.49. The normalized spacial score (nSPS) is 20.8. The van der Waals surface area contributed by atoms with Crippen molar-refractivity contribution in [3.63, 3.8) is 0 Å². The second kappa shape index (κ2) is 8.41. The molecule has 2 aromatic rings. The number of fused-ring (bicyclic) bond motifs is 4. The Balaban J connectivity index is 1.55. The van der Waals surface area contributed by atoms with E-state index in [1.807, 2.05) is 7.11 Å². The molecule has 0 unspecified atom stereocenters. The van der Waals surface area contributed by atoms with Crippen molar-refractivity contribution in [3.05, 3.63) is 69.8 Å². The summed E-state index contributed by atoms with van der Waals surface area (Å²) < 4.78 is 13.8. The molecule has 36 heavy (non-hydrogen) atoms. The van der Waals surface area contributed by atoms with Gasteiger partial charge in [-0.05, 0) is 86.6 Å². The monoisotopic (exact) mass is 482 g/mol. The molecule has 0 saturated carbocycles. The highest BCUT2D eigenvalue weighted by atomic mass is 16.5. The standard InChI is InChI=1S/C32H38N2O2/c1-4-5-10-21(2)32(35-3)26-19-22-11-6-15-33-17-8-13-24(28(22)33)30(26)36-31-25-14-9-18-34-16-7-12-23(29(25)34)20-27(31)32/h5,10,19-20H,2,4,6-9,11-18H2,1,3H3/b10-5-. The first kappa shape index (κ1) is 22.5. The van der Waals surface area contributed by atoms with Crippen LogP contribution in [0.3, 0.4) is 0 Å². The molecule has 0 bridgehead atoms. The van der Waals surface area contributed by atoms with Gasteiger partial charge in [-0.3, -0.25) is 0 Å². The van der Waals surface area contributed by atoms with Crippen molar-refractivity contribution in [2.45, 2.75) is 70.3 Å². The molecule has 0 fully saturated rings. The van der Waals surface area contributed by atoms with Gasteiger partial charge in [-0.15, -0.1) is 0 Å². The van der Waals surface area contributed by atoms with Crippen LogP contribution in [-0.4, -0.2) is 33.3 Å². The molecule has 5 aliphatic heterocycles. The number of benzene rings is 2. The fourth-order valence-corrected chi connectivity index (χ4v) is 7.74. The molecule has 0 saturated heterocycles. The first-order valence-corrected chi connectivity index (χ1v) is 14.1. The lowest BCUT2D eigenvalue weighted by Crippen LogP contribution is -2.40. The van der Waals surface area contributed by atoms with Crippen LogP contribution in [0.4, 0.5) is 11.4 Å². The van der Waals surface area contributed by atoms with Gasteiger partial charge in [0.2, 0.25) is 0 Å². The number of rotatable bonds is 4. The Labute approximate surface area is 215 Å². The summed E-state index contributed by atoms with van der Waals surface area (Å²) in [4.78, 5) is 5.21. The second-order valence-electron chi connectivity index (χ2n) is 11.2. The van der Waals surface area contributed by atoms with E-state index >= 15 is 0 Å². The molecule has 4 nitrogen and oxygen atoms in total. The number of nitrogens with zero attached hydrogens (tertiary/aromatic N) is 2. The Morgan fingerprint density at radius 2 is 1.39 bits per heavy atom. The zero-order valence-electron chi connectivity index (χ0n) is 21.9. The van der Waals surface area contributed by atoms with Crippen molar-refractivity contribution in [2.24, 2.45) is 0 Å². The summed E-state index contributed by atoms with van der Waals surface area (Å²) in [6.07, 6.45) is 14.6. The van der Waals surface area contributed by atoms with Crippen molar-refractivity contribution < 1.29 is 9.47 Å². The molecule has 0 aliphatic carbocycles. The molecule has 5 heterocycles. The lowest BCUT2D eigenvalue weighted by molar-refractivity contribution is 0.0490. The van der Waals surface area contributed by atoms with Gasteiger partial charge in [-0.25, -0.2) is 0 Å². The average molecular weight is 483 g/mol. The van der Waals surface area contributed by atoms with Crippen LogP contribution in [0.5, 0.6) is 11.5 Å². The van der Waals surface area contributed by atoms with E-state index in [0.717, 1.165) is 86.5 Å². The second-order valence-corrected chi connectivity index (χ2v) is 11.2. The summed E-state index contributed by atoms with van der Waals surface area (Å²) in [5.74, 6) is 2.09.